The summed E-state index contributed by atoms with van der Waals surface area (Å²) in [5.41, 5.74) is 0.287. The third kappa shape index (κ3) is 6.88. The fraction of sp³-hybridized carbons (Fsp3) is 0.833. The zero-order valence-corrected chi connectivity index (χ0v) is 12.5. The lowest BCUT2D eigenvalue weighted by Crippen LogP contribution is -2.18. The maximum Gasteiger partial charge on any atom is 0.294 e. The zero-order chi connectivity index (χ0) is 13.4. The smallest absolute Gasteiger partial charge is 0.294 e. The average molecular weight is 273 g/mol. The number of ether oxygens (including phenoxy) is 2. The van der Waals surface area contributed by atoms with Crippen molar-refractivity contribution in [2.75, 3.05) is 26.9 Å². The van der Waals surface area contributed by atoms with Gasteiger partial charge in [0, 0.05) is 20.2 Å². The monoisotopic (exact) mass is 273 g/mol. The molecular formula is C12H23N3O2S. The SMILES string of the molecule is COCCNCc1nnc(OCCC(C)(C)C)s1. The molecule has 1 rings (SSSR count). The number of nitrogens with one attached hydrogen (secondary N) is 1. The molecule has 104 valence electrons. The first-order valence-corrected chi connectivity index (χ1v) is 6.98. The van der Waals surface area contributed by atoms with E-state index in [4.69, 9.17) is 9.47 Å². The van der Waals surface area contributed by atoms with Gasteiger partial charge in [-0.15, -0.1) is 10.2 Å². The van der Waals surface area contributed by atoms with Crippen molar-refractivity contribution in [3.05, 3.63) is 5.01 Å². The van der Waals surface area contributed by atoms with Crippen molar-refractivity contribution in [2.24, 2.45) is 5.41 Å². The van der Waals surface area contributed by atoms with Crippen molar-refractivity contribution in [3.8, 4) is 5.19 Å². The molecule has 0 aliphatic carbocycles. The Bertz CT molecular complexity index is 336. The van der Waals surface area contributed by atoms with Gasteiger partial charge in [0.25, 0.3) is 5.19 Å². The van der Waals surface area contributed by atoms with E-state index >= 15 is 0 Å². The van der Waals surface area contributed by atoms with Crippen LogP contribution in [0.3, 0.4) is 0 Å². The number of hydrogen-bond acceptors (Lipinski definition) is 6. The van der Waals surface area contributed by atoms with Gasteiger partial charge in [-0.25, -0.2) is 0 Å². The molecule has 0 saturated carbocycles. The van der Waals surface area contributed by atoms with E-state index < -0.39 is 0 Å². The van der Waals surface area contributed by atoms with Gasteiger partial charge in [0.2, 0.25) is 0 Å². The third-order valence-corrected chi connectivity index (χ3v) is 3.12. The zero-order valence-electron chi connectivity index (χ0n) is 11.7. The summed E-state index contributed by atoms with van der Waals surface area (Å²) in [4.78, 5) is 0. The highest BCUT2D eigenvalue weighted by Crippen LogP contribution is 2.21. The summed E-state index contributed by atoms with van der Waals surface area (Å²) in [5.74, 6) is 0. The van der Waals surface area contributed by atoms with Gasteiger partial charge < -0.3 is 14.8 Å². The van der Waals surface area contributed by atoms with Crippen molar-refractivity contribution >= 4 is 11.3 Å². The molecule has 0 aliphatic rings. The van der Waals surface area contributed by atoms with Crippen molar-refractivity contribution in [1.29, 1.82) is 0 Å². The Kier molecular flexibility index (Phi) is 6.52. The van der Waals surface area contributed by atoms with Gasteiger partial charge in [-0.05, 0) is 11.8 Å². The van der Waals surface area contributed by atoms with E-state index in [0.29, 0.717) is 25.0 Å². The first-order valence-electron chi connectivity index (χ1n) is 6.16. The number of rotatable bonds is 8. The van der Waals surface area contributed by atoms with Gasteiger partial charge in [-0.1, -0.05) is 32.1 Å². The van der Waals surface area contributed by atoms with E-state index in [1.807, 2.05) is 0 Å². The Hall–Kier alpha value is -0.720. The number of hydrogen-bond donors (Lipinski definition) is 1. The largest absolute Gasteiger partial charge is 0.469 e. The first-order chi connectivity index (χ1) is 8.51. The molecule has 1 N–H and O–H groups in total. The fourth-order valence-corrected chi connectivity index (χ4v) is 1.86. The Morgan fingerprint density at radius 1 is 1.22 bits per heavy atom. The second-order valence-electron chi connectivity index (χ2n) is 5.29. The molecule has 1 aromatic rings. The van der Waals surface area contributed by atoms with E-state index in [9.17, 15) is 0 Å². The van der Waals surface area contributed by atoms with Crippen molar-refractivity contribution in [2.45, 2.75) is 33.7 Å². The molecular weight excluding hydrogens is 250 g/mol. The summed E-state index contributed by atoms with van der Waals surface area (Å²) in [6, 6.07) is 0. The summed E-state index contributed by atoms with van der Waals surface area (Å²) in [6.07, 6.45) is 1.01. The van der Waals surface area contributed by atoms with E-state index in [1.165, 1.54) is 11.3 Å². The Balaban J connectivity index is 2.21. The van der Waals surface area contributed by atoms with Crippen LogP contribution in [0.2, 0.25) is 0 Å². The van der Waals surface area contributed by atoms with E-state index in [0.717, 1.165) is 18.0 Å². The third-order valence-electron chi connectivity index (χ3n) is 2.29. The van der Waals surface area contributed by atoms with Gasteiger partial charge in [-0.2, -0.15) is 0 Å². The standard InChI is InChI=1S/C12H23N3O2S/c1-12(2,3)5-7-17-11-15-14-10(18-11)9-13-6-8-16-4/h13H,5-9H2,1-4H3. The molecule has 0 aromatic carbocycles. The minimum absolute atomic E-state index is 0.287. The maximum atomic E-state index is 5.58. The van der Waals surface area contributed by atoms with Gasteiger partial charge in [0.05, 0.1) is 13.2 Å². The topological polar surface area (TPSA) is 56.3 Å². The quantitative estimate of drug-likeness (QED) is 0.735. The first kappa shape index (κ1) is 15.3. The van der Waals surface area contributed by atoms with Crippen LogP contribution >= 0.6 is 11.3 Å². The molecule has 0 atom stereocenters. The summed E-state index contributed by atoms with van der Waals surface area (Å²) in [6.45, 7) is 9.51. The molecule has 1 heterocycles. The summed E-state index contributed by atoms with van der Waals surface area (Å²) in [7, 11) is 1.69. The lowest BCUT2D eigenvalue weighted by Gasteiger charge is -2.16. The molecule has 1 aromatic heterocycles. The molecule has 5 nitrogen and oxygen atoms in total. The minimum atomic E-state index is 0.287. The Morgan fingerprint density at radius 2 is 2.00 bits per heavy atom. The summed E-state index contributed by atoms with van der Waals surface area (Å²) >= 11 is 1.49. The normalized spacial score (nSPS) is 11.8. The molecule has 0 amide bonds. The van der Waals surface area contributed by atoms with Gasteiger partial charge >= 0.3 is 0 Å². The maximum absolute atomic E-state index is 5.58. The predicted molar refractivity (Wildman–Crippen MR) is 73.1 cm³/mol. The number of nitrogens with zero attached hydrogens (tertiary/aromatic N) is 2. The molecule has 0 saturated heterocycles. The van der Waals surface area contributed by atoms with E-state index in [2.05, 4.69) is 36.3 Å². The average Bonchev–Trinajstić information content (AvgIpc) is 2.71. The molecule has 0 unspecified atom stereocenters. The molecule has 6 heteroatoms. The van der Waals surface area contributed by atoms with Crippen LogP contribution in [-0.2, 0) is 11.3 Å². The lowest BCUT2D eigenvalue weighted by atomic mass is 9.93. The highest BCUT2D eigenvalue weighted by atomic mass is 32.1. The van der Waals surface area contributed by atoms with E-state index in [1.54, 1.807) is 7.11 Å². The number of aromatic nitrogens is 2. The fourth-order valence-electron chi connectivity index (χ4n) is 1.18. The van der Waals surface area contributed by atoms with Gasteiger partial charge in [-0.3, -0.25) is 0 Å². The number of methoxy groups -OCH3 is 1. The van der Waals surface area contributed by atoms with Crippen LogP contribution in [0.25, 0.3) is 0 Å². The van der Waals surface area contributed by atoms with Crippen LogP contribution in [0.15, 0.2) is 0 Å². The van der Waals surface area contributed by atoms with Crippen LogP contribution in [-0.4, -0.2) is 37.1 Å². The molecule has 0 radical (unpaired) electrons. The minimum Gasteiger partial charge on any atom is -0.469 e. The molecule has 18 heavy (non-hydrogen) atoms. The van der Waals surface area contributed by atoms with Crippen molar-refractivity contribution in [1.82, 2.24) is 15.5 Å². The summed E-state index contributed by atoms with van der Waals surface area (Å²) < 4.78 is 10.5. The molecule has 0 aliphatic heterocycles. The molecule has 0 fully saturated rings. The van der Waals surface area contributed by atoms with Crippen LogP contribution in [0, 0.1) is 5.41 Å². The molecule has 0 spiro atoms. The second kappa shape index (κ2) is 7.66. The van der Waals surface area contributed by atoms with Crippen LogP contribution in [0.1, 0.15) is 32.2 Å². The van der Waals surface area contributed by atoms with Crippen molar-refractivity contribution < 1.29 is 9.47 Å². The van der Waals surface area contributed by atoms with Crippen LogP contribution in [0.4, 0.5) is 0 Å². The van der Waals surface area contributed by atoms with Gasteiger partial charge in [0.15, 0.2) is 0 Å². The summed E-state index contributed by atoms with van der Waals surface area (Å²) in [5, 5.41) is 12.9. The molecule has 0 bridgehead atoms. The highest BCUT2D eigenvalue weighted by molar-refractivity contribution is 7.13. The Morgan fingerprint density at radius 3 is 2.67 bits per heavy atom. The van der Waals surface area contributed by atoms with Crippen molar-refractivity contribution in [3.63, 3.8) is 0 Å². The van der Waals surface area contributed by atoms with Crippen LogP contribution < -0.4 is 10.1 Å². The van der Waals surface area contributed by atoms with Crippen LogP contribution in [0.5, 0.6) is 5.19 Å². The van der Waals surface area contributed by atoms with Gasteiger partial charge in [0.1, 0.15) is 5.01 Å². The predicted octanol–water partition coefficient (Wildman–Crippen LogP) is 2.09. The van der Waals surface area contributed by atoms with E-state index in [-0.39, 0.29) is 5.41 Å². The lowest BCUT2D eigenvalue weighted by molar-refractivity contribution is 0.199. The highest BCUT2D eigenvalue weighted by Gasteiger charge is 2.11. The second-order valence-corrected chi connectivity index (χ2v) is 6.32. The Labute approximate surface area is 113 Å².